The van der Waals surface area contributed by atoms with Gasteiger partial charge in [0.15, 0.2) is 0 Å². The maximum Gasteiger partial charge on any atom is 0.345 e. The van der Waals surface area contributed by atoms with Crippen LogP contribution in [0.5, 0.6) is 0 Å². The summed E-state index contributed by atoms with van der Waals surface area (Å²) in [5, 5.41) is 19.7. The Hall–Kier alpha value is -1.13. The van der Waals surface area contributed by atoms with Gasteiger partial charge in [-0.25, -0.2) is 4.79 Å². The van der Waals surface area contributed by atoms with Crippen LogP contribution >= 0.6 is 0 Å². The summed E-state index contributed by atoms with van der Waals surface area (Å²) < 4.78 is 0. The van der Waals surface area contributed by atoms with Crippen molar-refractivity contribution in [3.8, 4) is 0 Å². The first-order chi connectivity index (χ1) is 8.15. The van der Waals surface area contributed by atoms with Crippen LogP contribution in [0.1, 0.15) is 11.1 Å². The van der Waals surface area contributed by atoms with Crippen molar-refractivity contribution in [1.29, 1.82) is 0 Å². The van der Waals surface area contributed by atoms with Crippen LogP contribution in [0.2, 0.25) is 0 Å². The minimum absolute atomic E-state index is 0. The zero-order valence-electron chi connectivity index (χ0n) is 10.1. The summed E-state index contributed by atoms with van der Waals surface area (Å²) in [6.45, 7) is 0. The van der Waals surface area contributed by atoms with Crippen molar-refractivity contribution in [2.45, 2.75) is 5.60 Å². The predicted octanol–water partition coefficient (Wildman–Crippen LogP) is 1.63. The third-order valence-electron chi connectivity index (χ3n) is 2.69. The van der Waals surface area contributed by atoms with Gasteiger partial charge in [0.25, 0.3) is 0 Å². The van der Waals surface area contributed by atoms with E-state index in [1.807, 2.05) is 0 Å². The largest absolute Gasteiger partial charge is 0.479 e. The van der Waals surface area contributed by atoms with Gasteiger partial charge in [0.05, 0.1) is 0 Å². The molecule has 0 aliphatic carbocycles. The Morgan fingerprint density at radius 1 is 0.833 bits per heavy atom. The van der Waals surface area contributed by atoms with Gasteiger partial charge in [-0.1, -0.05) is 60.7 Å². The van der Waals surface area contributed by atoms with Gasteiger partial charge in [0.2, 0.25) is 5.60 Å². The molecule has 0 bridgehead atoms. The van der Waals surface area contributed by atoms with Gasteiger partial charge in [0.1, 0.15) is 0 Å². The fraction of sp³-hybridized carbons (Fsp3) is 0.0714. The molecule has 0 saturated carbocycles. The molecule has 0 amide bonds. The van der Waals surface area contributed by atoms with Crippen LogP contribution in [0.3, 0.4) is 0 Å². The van der Waals surface area contributed by atoms with Gasteiger partial charge >= 0.3 is 5.97 Å². The van der Waals surface area contributed by atoms with E-state index in [1.165, 1.54) is 0 Å². The Kier molecular flexibility index (Phi) is 5.11. The third kappa shape index (κ3) is 2.65. The van der Waals surface area contributed by atoms with Gasteiger partial charge in [0, 0.05) is 29.6 Å². The van der Waals surface area contributed by atoms with Crippen LogP contribution in [0.25, 0.3) is 0 Å². The molecule has 2 N–H and O–H groups in total. The second-order valence-corrected chi connectivity index (χ2v) is 3.75. The Labute approximate surface area is 127 Å². The molecule has 0 saturated heterocycles. The Morgan fingerprint density at radius 3 is 1.44 bits per heavy atom. The minimum atomic E-state index is -2.00. The van der Waals surface area contributed by atoms with E-state index in [0.29, 0.717) is 11.1 Å². The van der Waals surface area contributed by atoms with Crippen LogP contribution in [-0.2, 0) is 10.4 Å². The number of aliphatic hydroxyl groups is 1. The fourth-order valence-electron chi connectivity index (χ4n) is 1.77. The second kappa shape index (κ2) is 6.16. The van der Waals surface area contributed by atoms with Crippen LogP contribution in [0.4, 0.5) is 0 Å². The molecular weight excluding hydrogens is 239 g/mol. The minimum Gasteiger partial charge on any atom is -0.479 e. The van der Waals surface area contributed by atoms with E-state index in [1.54, 1.807) is 60.7 Å². The maximum absolute atomic E-state index is 11.4. The number of carbonyl (C=O) groups is 1. The smallest absolute Gasteiger partial charge is 0.345 e. The summed E-state index contributed by atoms with van der Waals surface area (Å²) in [5.41, 5.74) is -1.31. The average molecular weight is 251 g/mol. The molecule has 18 heavy (non-hydrogen) atoms. The van der Waals surface area contributed by atoms with Crippen LogP contribution in [-0.4, -0.2) is 45.7 Å². The monoisotopic (exact) mass is 251 g/mol. The van der Waals surface area contributed by atoms with Crippen molar-refractivity contribution in [2.24, 2.45) is 0 Å². The fourth-order valence-corrected chi connectivity index (χ4v) is 1.77. The van der Waals surface area contributed by atoms with Gasteiger partial charge in [-0.3, -0.25) is 0 Å². The average Bonchev–Trinajstić information content (AvgIpc) is 2.39. The van der Waals surface area contributed by atoms with Crippen molar-refractivity contribution in [3.05, 3.63) is 71.8 Å². The molecule has 2 aromatic carbocycles. The van der Waals surface area contributed by atoms with E-state index in [9.17, 15) is 15.0 Å². The van der Waals surface area contributed by atoms with E-state index in [-0.39, 0.29) is 29.6 Å². The standard InChI is InChI=1S/C14H12O3.Na/c15-13(16)14(17,11-7-3-1-4-8-11)12-9-5-2-6-10-12;/h1-10,17H,(H,15,16);. The van der Waals surface area contributed by atoms with E-state index in [4.69, 9.17) is 0 Å². The van der Waals surface area contributed by atoms with Crippen molar-refractivity contribution in [1.82, 2.24) is 0 Å². The van der Waals surface area contributed by atoms with Gasteiger partial charge in [-0.15, -0.1) is 0 Å². The molecule has 0 atom stereocenters. The maximum atomic E-state index is 11.4. The van der Waals surface area contributed by atoms with Crippen molar-refractivity contribution in [3.63, 3.8) is 0 Å². The van der Waals surface area contributed by atoms with Crippen LogP contribution < -0.4 is 0 Å². The van der Waals surface area contributed by atoms with Crippen molar-refractivity contribution < 1.29 is 15.0 Å². The van der Waals surface area contributed by atoms with Crippen molar-refractivity contribution in [2.75, 3.05) is 0 Å². The summed E-state index contributed by atoms with van der Waals surface area (Å²) >= 11 is 0. The number of benzene rings is 2. The first-order valence-corrected chi connectivity index (χ1v) is 5.22. The molecule has 1 radical (unpaired) electrons. The number of hydrogen-bond donors (Lipinski definition) is 2. The molecule has 87 valence electrons. The third-order valence-corrected chi connectivity index (χ3v) is 2.69. The van der Waals surface area contributed by atoms with E-state index >= 15 is 0 Å². The number of aliphatic carboxylic acids is 1. The van der Waals surface area contributed by atoms with Crippen molar-refractivity contribution >= 4 is 35.5 Å². The number of hydrogen-bond acceptors (Lipinski definition) is 2. The summed E-state index contributed by atoms with van der Waals surface area (Å²) in [7, 11) is 0. The molecule has 0 aliphatic rings. The van der Waals surface area contributed by atoms with E-state index < -0.39 is 11.6 Å². The summed E-state index contributed by atoms with van der Waals surface area (Å²) in [6, 6.07) is 16.7. The molecule has 4 heteroatoms. The molecule has 0 spiro atoms. The second-order valence-electron chi connectivity index (χ2n) is 3.75. The molecule has 0 heterocycles. The predicted molar refractivity (Wildman–Crippen MR) is 69.3 cm³/mol. The summed E-state index contributed by atoms with van der Waals surface area (Å²) in [6.07, 6.45) is 0. The molecule has 0 aliphatic heterocycles. The first-order valence-electron chi connectivity index (χ1n) is 5.22. The normalized spacial score (nSPS) is 10.5. The molecule has 2 rings (SSSR count). The number of carboxylic acid groups (broad SMARTS) is 1. The quantitative estimate of drug-likeness (QED) is 0.815. The Bertz CT molecular complexity index is 472. The molecule has 2 aromatic rings. The Morgan fingerprint density at radius 2 is 1.17 bits per heavy atom. The Balaban J connectivity index is 0.00000162. The zero-order chi connectivity index (χ0) is 12.3. The van der Waals surface area contributed by atoms with Crippen LogP contribution in [0.15, 0.2) is 60.7 Å². The van der Waals surface area contributed by atoms with Gasteiger partial charge in [-0.2, -0.15) is 0 Å². The molecule has 3 nitrogen and oxygen atoms in total. The topological polar surface area (TPSA) is 57.5 Å². The number of rotatable bonds is 3. The van der Waals surface area contributed by atoms with E-state index in [0.717, 1.165) is 0 Å². The molecule has 0 unspecified atom stereocenters. The SMILES string of the molecule is O=C(O)C(O)(c1ccccc1)c1ccccc1.[Na]. The number of carboxylic acids is 1. The van der Waals surface area contributed by atoms with E-state index in [2.05, 4.69) is 0 Å². The molecular formula is C14H12NaO3. The summed E-state index contributed by atoms with van der Waals surface area (Å²) in [4.78, 5) is 11.4. The molecule has 0 aromatic heterocycles. The zero-order valence-corrected chi connectivity index (χ0v) is 12.1. The summed E-state index contributed by atoms with van der Waals surface area (Å²) in [5.74, 6) is -1.28. The van der Waals surface area contributed by atoms with Gasteiger partial charge in [-0.05, 0) is 11.1 Å². The van der Waals surface area contributed by atoms with Crippen LogP contribution in [0, 0.1) is 0 Å². The molecule has 0 fully saturated rings. The van der Waals surface area contributed by atoms with Gasteiger partial charge < -0.3 is 10.2 Å². The first kappa shape index (κ1) is 14.9.